The molecule has 5 rings (SSSR count). The monoisotopic (exact) mass is 471 g/mol. The van der Waals surface area contributed by atoms with Crippen LogP contribution >= 0.6 is 0 Å². The lowest BCUT2D eigenvalue weighted by Crippen LogP contribution is -2.62. The summed E-state index contributed by atoms with van der Waals surface area (Å²) >= 11 is 0. The average Bonchev–Trinajstić information content (AvgIpc) is 3.49. The highest BCUT2D eigenvalue weighted by Gasteiger charge is 2.39. The van der Waals surface area contributed by atoms with Gasteiger partial charge < -0.3 is 14.6 Å². The van der Waals surface area contributed by atoms with Gasteiger partial charge in [0, 0.05) is 35.4 Å². The van der Waals surface area contributed by atoms with Gasteiger partial charge in [0.15, 0.2) is 0 Å². The Kier molecular flexibility index (Phi) is 5.71. The summed E-state index contributed by atoms with van der Waals surface area (Å²) in [5, 5.41) is 3.95. The molecule has 178 valence electrons. The van der Waals surface area contributed by atoms with Crippen molar-refractivity contribution in [3.05, 3.63) is 60.4 Å². The first kappa shape index (κ1) is 22.3. The van der Waals surface area contributed by atoms with Crippen LogP contribution in [0.15, 0.2) is 59.2 Å². The van der Waals surface area contributed by atoms with Crippen molar-refractivity contribution in [1.82, 2.24) is 5.32 Å². The first-order valence-corrected chi connectivity index (χ1v) is 11.3. The number of carbonyl (C=O) groups excluding carboxylic acids is 2. The number of fused-ring (bicyclic) bond motifs is 1. The summed E-state index contributed by atoms with van der Waals surface area (Å²) in [6.07, 6.45) is 1.00. The van der Waals surface area contributed by atoms with Crippen molar-refractivity contribution < 1.29 is 27.2 Å². The van der Waals surface area contributed by atoms with Crippen LogP contribution in [-0.2, 0) is 15.8 Å². The summed E-state index contributed by atoms with van der Waals surface area (Å²) in [6.45, 7) is 0.0978. The first-order valence-electron chi connectivity index (χ1n) is 11.3. The van der Waals surface area contributed by atoms with E-state index in [0.717, 1.165) is 43.2 Å². The summed E-state index contributed by atoms with van der Waals surface area (Å²) < 4.78 is 44.4. The summed E-state index contributed by atoms with van der Waals surface area (Å²) in [6, 6.07) is 11.0. The Balaban J connectivity index is 1.45. The van der Waals surface area contributed by atoms with Crippen LogP contribution in [0.4, 0.5) is 24.5 Å². The van der Waals surface area contributed by atoms with Crippen LogP contribution in [0.1, 0.15) is 31.2 Å². The molecule has 0 spiro atoms. The molecule has 2 amide bonds. The van der Waals surface area contributed by atoms with E-state index in [9.17, 15) is 22.8 Å². The van der Waals surface area contributed by atoms with Crippen LogP contribution in [0.5, 0.6) is 0 Å². The fourth-order valence-corrected chi connectivity index (χ4v) is 4.81. The number of nitrogens with one attached hydrogen (secondary N) is 1. The molecular weight excluding hydrogens is 447 g/mol. The normalized spacial score (nSPS) is 19.7. The van der Waals surface area contributed by atoms with Gasteiger partial charge in [0.05, 0.1) is 18.4 Å². The molecule has 6 nitrogen and oxygen atoms in total. The zero-order chi connectivity index (χ0) is 23.9. The summed E-state index contributed by atoms with van der Waals surface area (Å²) in [5.74, 6) is -0.583. The molecule has 0 bridgehead atoms. The molecule has 1 saturated carbocycles. The number of halogens is 3. The lowest BCUT2D eigenvalue weighted by molar-refractivity contribution is -0.137. The molecule has 1 aliphatic heterocycles. The molecule has 1 aromatic heterocycles. The molecule has 34 heavy (non-hydrogen) atoms. The van der Waals surface area contributed by atoms with Gasteiger partial charge in [-0.25, -0.2) is 0 Å². The Morgan fingerprint density at radius 2 is 1.71 bits per heavy atom. The highest BCUT2D eigenvalue weighted by atomic mass is 19.4. The lowest BCUT2D eigenvalue weighted by atomic mass is 10.1. The highest BCUT2D eigenvalue weighted by molar-refractivity contribution is 6.05. The van der Waals surface area contributed by atoms with Crippen molar-refractivity contribution in [3.63, 3.8) is 0 Å². The van der Waals surface area contributed by atoms with Gasteiger partial charge in [0.2, 0.25) is 11.8 Å². The number of rotatable bonds is 4. The number of nitrogens with zero attached hydrogens (tertiary/aromatic N) is 2. The Morgan fingerprint density at radius 3 is 2.41 bits per heavy atom. The molecule has 0 radical (unpaired) electrons. The largest absolute Gasteiger partial charge is 0.464 e. The quantitative estimate of drug-likeness (QED) is 0.598. The molecule has 2 fully saturated rings. The maximum Gasteiger partial charge on any atom is 0.416 e. The third-order valence-electron chi connectivity index (χ3n) is 6.58. The molecule has 1 unspecified atom stereocenters. The van der Waals surface area contributed by atoms with Crippen molar-refractivity contribution >= 4 is 34.2 Å². The van der Waals surface area contributed by atoms with E-state index in [0.29, 0.717) is 17.0 Å². The minimum absolute atomic E-state index is 0.0607. The number of alkyl halides is 3. The van der Waals surface area contributed by atoms with Crippen LogP contribution in [0, 0.1) is 0 Å². The van der Waals surface area contributed by atoms with Gasteiger partial charge in [-0.3, -0.25) is 14.5 Å². The van der Waals surface area contributed by atoms with Gasteiger partial charge in [-0.1, -0.05) is 12.8 Å². The molecule has 1 saturated heterocycles. The third-order valence-corrected chi connectivity index (χ3v) is 6.58. The number of furan rings is 1. The van der Waals surface area contributed by atoms with Crippen LogP contribution < -0.4 is 15.1 Å². The van der Waals surface area contributed by atoms with Crippen molar-refractivity contribution in [1.29, 1.82) is 0 Å². The summed E-state index contributed by atoms with van der Waals surface area (Å²) in [4.78, 5) is 29.8. The van der Waals surface area contributed by atoms with Crippen molar-refractivity contribution in [2.45, 2.75) is 43.9 Å². The second kappa shape index (κ2) is 8.70. The molecule has 1 atom stereocenters. The average molecular weight is 471 g/mol. The zero-order valence-corrected chi connectivity index (χ0v) is 18.3. The van der Waals surface area contributed by atoms with E-state index in [2.05, 4.69) is 5.32 Å². The van der Waals surface area contributed by atoms with E-state index in [4.69, 9.17) is 4.42 Å². The fourth-order valence-electron chi connectivity index (χ4n) is 4.81. The van der Waals surface area contributed by atoms with Gasteiger partial charge in [0.25, 0.3) is 0 Å². The number of amides is 2. The second-order valence-electron chi connectivity index (χ2n) is 8.84. The Labute approximate surface area is 194 Å². The van der Waals surface area contributed by atoms with Crippen LogP contribution in [0.25, 0.3) is 11.0 Å². The molecule has 3 aromatic rings. The minimum atomic E-state index is -4.44. The van der Waals surface area contributed by atoms with Crippen LogP contribution in [0.3, 0.4) is 0 Å². The lowest BCUT2D eigenvalue weighted by Gasteiger charge is -2.41. The van der Waals surface area contributed by atoms with E-state index in [1.807, 2.05) is 12.1 Å². The maximum atomic E-state index is 13.4. The number of benzene rings is 2. The highest BCUT2D eigenvalue weighted by Crippen LogP contribution is 2.32. The third kappa shape index (κ3) is 4.34. The summed E-state index contributed by atoms with van der Waals surface area (Å²) in [5.41, 5.74) is 0.848. The molecular formula is C25H24F3N3O3. The predicted octanol–water partition coefficient (Wildman–Crippen LogP) is 4.73. The Morgan fingerprint density at radius 1 is 1.00 bits per heavy atom. The number of hydrogen-bond donors (Lipinski definition) is 1. The maximum absolute atomic E-state index is 13.4. The van der Waals surface area contributed by atoms with E-state index in [1.165, 1.54) is 17.0 Å². The van der Waals surface area contributed by atoms with Gasteiger partial charge in [-0.15, -0.1) is 0 Å². The molecule has 2 heterocycles. The summed E-state index contributed by atoms with van der Waals surface area (Å²) in [7, 11) is 0. The van der Waals surface area contributed by atoms with E-state index in [1.54, 1.807) is 23.3 Å². The van der Waals surface area contributed by atoms with Crippen LogP contribution in [0.2, 0.25) is 0 Å². The predicted molar refractivity (Wildman–Crippen MR) is 122 cm³/mol. The SMILES string of the molecule is O=C(NC1CCCC1)C1CN(c2ccc(C(F)(F)F)cc2)CC(=O)N1c1ccc2ccoc2c1. The smallest absolute Gasteiger partial charge is 0.416 e. The molecule has 1 N–H and O–H groups in total. The number of hydrogen-bond acceptors (Lipinski definition) is 4. The van der Waals surface area contributed by atoms with Crippen molar-refractivity contribution in [2.24, 2.45) is 0 Å². The van der Waals surface area contributed by atoms with Gasteiger partial charge in [0.1, 0.15) is 11.6 Å². The molecule has 1 aliphatic carbocycles. The topological polar surface area (TPSA) is 65.8 Å². The number of piperazine rings is 1. The van der Waals surface area contributed by atoms with Crippen LogP contribution in [-0.4, -0.2) is 37.0 Å². The number of anilines is 2. The van der Waals surface area contributed by atoms with E-state index < -0.39 is 17.8 Å². The Hall–Kier alpha value is -3.49. The van der Waals surface area contributed by atoms with Gasteiger partial charge in [-0.2, -0.15) is 13.2 Å². The fraction of sp³-hybridized carbons (Fsp3) is 0.360. The first-order chi connectivity index (χ1) is 16.3. The Bertz CT molecular complexity index is 1200. The minimum Gasteiger partial charge on any atom is -0.464 e. The number of carbonyl (C=O) groups is 2. The van der Waals surface area contributed by atoms with Crippen molar-refractivity contribution in [2.75, 3.05) is 22.9 Å². The molecule has 2 aliphatic rings. The van der Waals surface area contributed by atoms with E-state index in [-0.39, 0.29) is 30.9 Å². The second-order valence-corrected chi connectivity index (χ2v) is 8.84. The molecule has 9 heteroatoms. The van der Waals surface area contributed by atoms with Gasteiger partial charge in [-0.05, 0) is 55.3 Å². The van der Waals surface area contributed by atoms with Crippen molar-refractivity contribution in [3.8, 4) is 0 Å². The molecule has 2 aromatic carbocycles. The van der Waals surface area contributed by atoms with E-state index >= 15 is 0 Å². The standard InChI is InChI=1S/C25H24F3N3O3/c26-25(27,28)17-6-9-19(10-7-17)30-14-21(24(33)29-18-3-1-2-4-18)31(23(32)15-30)20-8-5-16-11-12-34-22(16)13-20/h5-13,18,21H,1-4,14-15H2,(H,29,33). The zero-order valence-electron chi connectivity index (χ0n) is 18.3. The van der Waals surface area contributed by atoms with Gasteiger partial charge >= 0.3 is 6.18 Å².